The van der Waals surface area contributed by atoms with E-state index in [-0.39, 0.29) is 6.61 Å². The summed E-state index contributed by atoms with van der Waals surface area (Å²) >= 11 is 0. The third-order valence-corrected chi connectivity index (χ3v) is 2.14. The molecule has 0 amide bonds. The standard InChI is InChI=1S/C8H16FNO/c9-11-8-4-7-10-5-2-1-3-6-10/h1-8H2. The van der Waals surface area contributed by atoms with Gasteiger partial charge in [-0.15, -0.1) is 0 Å². The van der Waals surface area contributed by atoms with Crippen molar-refractivity contribution >= 4 is 0 Å². The van der Waals surface area contributed by atoms with E-state index in [9.17, 15) is 4.53 Å². The zero-order valence-electron chi connectivity index (χ0n) is 6.89. The highest BCUT2D eigenvalue weighted by molar-refractivity contribution is 4.63. The monoisotopic (exact) mass is 161 g/mol. The van der Waals surface area contributed by atoms with Gasteiger partial charge in [-0.05, 0) is 36.9 Å². The second-order valence-corrected chi connectivity index (χ2v) is 3.07. The van der Waals surface area contributed by atoms with E-state index >= 15 is 0 Å². The molecule has 0 bridgehead atoms. The summed E-state index contributed by atoms with van der Waals surface area (Å²) in [6, 6.07) is 0. The van der Waals surface area contributed by atoms with Crippen molar-refractivity contribution in [2.45, 2.75) is 25.7 Å². The van der Waals surface area contributed by atoms with Crippen LogP contribution in [0.5, 0.6) is 0 Å². The Balaban J connectivity index is 1.96. The largest absolute Gasteiger partial charge is 0.303 e. The number of hydrogen-bond acceptors (Lipinski definition) is 2. The Morgan fingerprint density at radius 2 is 1.91 bits per heavy atom. The first-order valence-corrected chi connectivity index (χ1v) is 4.39. The van der Waals surface area contributed by atoms with Crippen LogP contribution in [0.15, 0.2) is 0 Å². The molecule has 0 radical (unpaired) electrons. The van der Waals surface area contributed by atoms with E-state index in [0.717, 1.165) is 13.0 Å². The van der Waals surface area contributed by atoms with Crippen LogP contribution in [-0.4, -0.2) is 31.1 Å². The van der Waals surface area contributed by atoms with Gasteiger partial charge >= 0.3 is 0 Å². The minimum Gasteiger partial charge on any atom is -0.303 e. The summed E-state index contributed by atoms with van der Waals surface area (Å²) in [6.45, 7) is 3.61. The van der Waals surface area contributed by atoms with Gasteiger partial charge in [-0.3, -0.25) is 0 Å². The van der Waals surface area contributed by atoms with Crippen molar-refractivity contribution in [3.63, 3.8) is 0 Å². The molecular weight excluding hydrogens is 145 g/mol. The molecule has 0 saturated carbocycles. The van der Waals surface area contributed by atoms with E-state index in [1.54, 1.807) is 0 Å². The molecule has 3 heteroatoms. The van der Waals surface area contributed by atoms with Crippen molar-refractivity contribution < 1.29 is 9.47 Å². The van der Waals surface area contributed by atoms with Gasteiger partial charge in [-0.2, -0.15) is 4.94 Å². The lowest BCUT2D eigenvalue weighted by Gasteiger charge is -2.25. The van der Waals surface area contributed by atoms with Crippen molar-refractivity contribution in [1.29, 1.82) is 0 Å². The Morgan fingerprint density at radius 3 is 2.55 bits per heavy atom. The van der Waals surface area contributed by atoms with Crippen LogP contribution in [0.4, 0.5) is 4.53 Å². The van der Waals surface area contributed by atoms with E-state index in [4.69, 9.17) is 0 Å². The van der Waals surface area contributed by atoms with Gasteiger partial charge in [-0.1, -0.05) is 6.42 Å². The molecule has 11 heavy (non-hydrogen) atoms. The molecular formula is C8H16FNO. The molecule has 0 aromatic carbocycles. The Morgan fingerprint density at radius 1 is 1.18 bits per heavy atom. The topological polar surface area (TPSA) is 12.5 Å². The van der Waals surface area contributed by atoms with E-state index in [1.165, 1.54) is 32.4 Å². The van der Waals surface area contributed by atoms with Gasteiger partial charge in [0.15, 0.2) is 0 Å². The predicted octanol–water partition coefficient (Wildman–Crippen LogP) is 1.76. The Labute approximate surface area is 67.2 Å². The smallest absolute Gasteiger partial charge is 0.0888 e. The second kappa shape index (κ2) is 5.49. The fraction of sp³-hybridized carbons (Fsp3) is 1.00. The first kappa shape index (κ1) is 8.94. The van der Waals surface area contributed by atoms with Crippen LogP contribution in [0.3, 0.4) is 0 Å². The van der Waals surface area contributed by atoms with Gasteiger partial charge in [0.25, 0.3) is 0 Å². The van der Waals surface area contributed by atoms with Crippen LogP contribution in [-0.2, 0) is 4.94 Å². The molecule has 66 valence electrons. The van der Waals surface area contributed by atoms with Crippen molar-refractivity contribution in [3.05, 3.63) is 0 Å². The van der Waals surface area contributed by atoms with Crippen LogP contribution in [0, 0.1) is 0 Å². The fourth-order valence-electron chi connectivity index (χ4n) is 1.53. The molecule has 1 aliphatic rings. The van der Waals surface area contributed by atoms with Gasteiger partial charge in [0.2, 0.25) is 0 Å². The van der Waals surface area contributed by atoms with Crippen LogP contribution in [0.25, 0.3) is 0 Å². The minimum absolute atomic E-state index is 0.247. The van der Waals surface area contributed by atoms with Crippen molar-refractivity contribution in [2.75, 3.05) is 26.2 Å². The number of rotatable bonds is 4. The third-order valence-electron chi connectivity index (χ3n) is 2.14. The van der Waals surface area contributed by atoms with Gasteiger partial charge in [0.1, 0.15) is 0 Å². The maximum absolute atomic E-state index is 11.2. The van der Waals surface area contributed by atoms with Crippen molar-refractivity contribution in [1.82, 2.24) is 4.90 Å². The highest BCUT2D eigenvalue weighted by atomic mass is 19.3. The molecule has 1 saturated heterocycles. The molecule has 1 fully saturated rings. The average Bonchev–Trinajstić information content (AvgIpc) is 2.07. The summed E-state index contributed by atoms with van der Waals surface area (Å²) in [6.07, 6.45) is 4.78. The number of piperidine rings is 1. The molecule has 1 rings (SSSR count). The molecule has 0 aromatic heterocycles. The number of halogens is 1. The van der Waals surface area contributed by atoms with Crippen LogP contribution < -0.4 is 0 Å². The van der Waals surface area contributed by atoms with Gasteiger partial charge in [-0.25, -0.2) is 0 Å². The molecule has 0 unspecified atom stereocenters. The molecule has 0 aliphatic carbocycles. The first-order valence-electron chi connectivity index (χ1n) is 4.39. The molecule has 0 spiro atoms. The number of hydrogen-bond donors (Lipinski definition) is 0. The highest BCUT2D eigenvalue weighted by Crippen LogP contribution is 2.08. The quantitative estimate of drug-likeness (QED) is 0.582. The second-order valence-electron chi connectivity index (χ2n) is 3.07. The van der Waals surface area contributed by atoms with E-state index in [0.29, 0.717) is 0 Å². The zero-order valence-corrected chi connectivity index (χ0v) is 6.89. The summed E-state index contributed by atoms with van der Waals surface area (Å²) in [7, 11) is 0. The number of likely N-dealkylation sites (tertiary alicyclic amines) is 1. The average molecular weight is 161 g/mol. The molecule has 1 heterocycles. The van der Waals surface area contributed by atoms with Crippen LogP contribution in [0.1, 0.15) is 25.7 Å². The summed E-state index contributed by atoms with van der Waals surface area (Å²) < 4.78 is 11.2. The maximum atomic E-state index is 11.2. The first-order chi connectivity index (χ1) is 5.43. The Kier molecular flexibility index (Phi) is 4.47. The molecule has 1 aliphatic heterocycles. The van der Waals surface area contributed by atoms with E-state index < -0.39 is 0 Å². The summed E-state index contributed by atoms with van der Waals surface area (Å²) in [5.41, 5.74) is 0. The van der Waals surface area contributed by atoms with Crippen molar-refractivity contribution in [3.8, 4) is 0 Å². The molecule has 0 atom stereocenters. The van der Waals surface area contributed by atoms with Crippen LogP contribution >= 0.6 is 0 Å². The fourth-order valence-corrected chi connectivity index (χ4v) is 1.53. The highest BCUT2D eigenvalue weighted by Gasteiger charge is 2.08. The van der Waals surface area contributed by atoms with E-state index in [1.807, 2.05) is 0 Å². The molecule has 0 aromatic rings. The van der Waals surface area contributed by atoms with Gasteiger partial charge in [0, 0.05) is 6.54 Å². The van der Waals surface area contributed by atoms with Crippen LogP contribution in [0.2, 0.25) is 0 Å². The van der Waals surface area contributed by atoms with Gasteiger partial charge < -0.3 is 4.90 Å². The number of nitrogens with zero attached hydrogens (tertiary/aromatic N) is 1. The Hall–Kier alpha value is -0.150. The van der Waals surface area contributed by atoms with E-state index in [2.05, 4.69) is 9.84 Å². The van der Waals surface area contributed by atoms with Crippen molar-refractivity contribution in [2.24, 2.45) is 0 Å². The predicted molar refractivity (Wildman–Crippen MR) is 42.0 cm³/mol. The maximum Gasteiger partial charge on any atom is 0.0888 e. The SMILES string of the molecule is FOCCCN1CCCCC1. The lowest BCUT2D eigenvalue weighted by molar-refractivity contribution is -0.133. The normalized spacial score (nSPS) is 20.5. The summed E-state index contributed by atoms with van der Waals surface area (Å²) in [4.78, 5) is 5.88. The summed E-state index contributed by atoms with van der Waals surface area (Å²) in [5, 5.41) is 0. The van der Waals surface area contributed by atoms with Gasteiger partial charge in [0.05, 0.1) is 6.61 Å². The third kappa shape index (κ3) is 3.68. The Bertz CT molecular complexity index is 94.1. The molecule has 0 N–H and O–H groups in total. The molecule has 2 nitrogen and oxygen atoms in total. The minimum atomic E-state index is 0.247. The lowest BCUT2D eigenvalue weighted by Crippen LogP contribution is -2.30. The zero-order chi connectivity index (χ0) is 7.94. The lowest BCUT2D eigenvalue weighted by atomic mass is 10.1. The summed E-state index contributed by atoms with van der Waals surface area (Å²) in [5.74, 6) is 0.